The summed E-state index contributed by atoms with van der Waals surface area (Å²) in [6.07, 6.45) is 0.842. The number of hydrogen-bond acceptors (Lipinski definition) is 8. The van der Waals surface area contributed by atoms with Crippen molar-refractivity contribution in [2.45, 2.75) is 24.7 Å². The summed E-state index contributed by atoms with van der Waals surface area (Å²) in [6, 6.07) is 9.26. The molecule has 1 aliphatic carbocycles. The van der Waals surface area contributed by atoms with Gasteiger partial charge in [-0.05, 0) is 36.1 Å². The Bertz CT molecular complexity index is 1450. The Hall–Kier alpha value is -4.34. The van der Waals surface area contributed by atoms with Crippen LogP contribution in [-0.4, -0.2) is 51.5 Å². The second-order valence-electron chi connectivity index (χ2n) is 8.88. The van der Waals surface area contributed by atoms with E-state index in [0.29, 0.717) is 57.7 Å². The fraction of sp³-hybridized carbons (Fsp3) is 0.333. The number of Topliss-reactive ketones (excluding diaryl/α,β-unsaturated/α-hetero) is 1. The van der Waals surface area contributed by atoms with Crippen LogP contribution in [0.15, 0.2) is 46.4 Å². The molecule has 194 valence electrons. The Morgan fingerprint density at radius 1 is 0.757 bits per heavy atom. The number of ether oxygens (including phenoxy) is 5. The molecule has 10 nitrogen and oxygen atoms in total. The maximum atomic E-state index is 13.8. The van der Waals surface area contributed by atoms with Gasteiger partial charge in [-0.25, -0.2) is 0 Å². The summed E-state index contributed by atoms with van der Waals surface area (Å²) in [4.78, 5) is 26.8. The molecular weight excluding hydrogens is 478 g/mol. The lowest BCUT2D eigenvalue weighted by atomic mass is 9.72. The summed E-state index contributed by atoms with van der Waals surface area (Å²) in [5.41, 5.74) is 3.00. The van der Waals surface area contributed by atoms with Gasteiger partial charge in [-0.3, -0.25) is 19.8 Å². The summed E-state index contributed by atoms with van der Waals surface area (Å²) in [7, 11) is 7.75. The van der Waals surface area contributed by atoms with Crippen molar-refractivity contribution < 1.29 is 28.5 Å². The molecule has 2 heterocycles. The number of anilines is 1. The number of nitrogens with one attached hydrogen (secondary N) is 3. The van der Waals surface area contributed by atoms with Crippen LogP contribution in [0, 0.1) is 0 Å². The smallest absolute Gasteiger partial charge is 0.270 e. The highest BCUT2D eigenvalue weighted by Crippen LogP contribution is 2.51. The van der Waals surface area contributed by atoms with E-state index in [0.717, 1.165) is 11.3 Å². The van der Waals surface area contributed by atoms with E-state index in [-0.39, 0.29) is 23.7 Å². The number of ketones is 1. The van der Waals surface area contributed by atoms with Gasteiger partial charge in [-0.1, -0.05) is 12.1 Å². The van der Waals surface area contributed by atoms with Crippen molar-refractivity contribution in [3.05, 3.63) is 68.6 Å². The quantitative estimate of drug-likeness (QED) is 0.442. The van der Waals surface area contributed by atoms with Crippen molar-refractivity contribution in [3.8, 4) is 28.7 Å². The number of rotatable bonds is 7. The standard InChI is InChI=1S/C27H29N3O7/c1-33-18-8-6-13(12-20(18)35-3)14-10-16-22(17(31)11-14)21(23-26(28-16)29-30-27(23)32)15-7-9-19(34-2)25(37-5)24(15)36-4/h6-9,12,14,21H,10-11H2,1-5H3,(H3,28,29,30,32). The lowest BCUT2D eigenvalue weighted by Crippen LogP contribution is -2.31. The molecule has 0 radical (unpaired) electrons. The number of aromatic amines is 2. The first-order valence-electron chi connectivity index (χ1n) is 11.8. The van der Waals surface area contributed by atoms with Gasteiger partial charge in [0.1, 0.15) is 5.82 Å². The predicted octanol–water partition coefficient (Wildman–Crippen LogP) is 3.70. The fourth-order valence-corrected chi connectivity index (χ4v) is 5.43. The normalized spacial score (nSPS) is 18.5. The zero-order chi connectivity index (χ0) is 26.3. The largest absolute Gasteiger partial charge is 0.493 e. The van der Waals surface area contributed by atoms with Crippen LogP contribution >= 0.6 is 0 Å². The third-order valence-electron chi connectivity index (χ3n) is 7.10. The highest BCUT2D eigenvalue weighted by molar-refractivity contribution is 6.01. The molecule has 10 heteroatoms. The van der Waals surface area contributed by atoms with E-state index >= 15 is 0 Å². The monoisotopic (exact) mass is 507 g/mol. The van der Waals surface area contributed by atoms with Crippen molar-refractivity contribution in [1.82, 2.24) is 10.2 Å². The number of fused-ring (bicyclic) bond motifs is 1. The zero-order valence-electron chi connectivity index (χ0n) is 21.3. The number of aromatic nitrogens is 2. The van der Waals surface area contributed by atoms with E-state index in [2.05, 4.69) is 15.5 Å². The molecule has 0 saturated heterocycles. The van der Waals surface area contributed by atoms with E-state index in [4.69, 9.17) is 23.7 Å². The third kappa shape index (κ3) is 3.89. The first-order valence-corrected chi connectivity index (χ1v) is 11.8. The highest BCUT2D eigenvalue weighted by atomic mass is 16.5. The Morgan fingerprint density at radius 3 is 2.14 bits per heavy atom. The molecule has 2 atom stereocenters. The summed E-state index contributed by atoms with van der Waals surface area (Å²) in [6.45, 7) is 0. The molecule has 0 spiro atoms. The molecule has 37 heavy (non-hydrogen) atoms. The van der Waals surface area contributed by atoms with Crippen LogP contribution in [0.25, 0.3) is 0 Å². The molecule has 3 aromatic rings. The Kier molecular flexibility index (Phi) is 6.32. The minimum atomic E-state index is -0.658. The summed E-state index contributed by atoms with van der Waals surface area (Å²) in [5, 5.41) is 8.89. The van der Waals surface area contributed by atoms with Gasteiger partial charge < -0.3 is 29.0 Å². The lowest BCUT2D eigenvalue weighted by Gasteiger charge is -2.35. The summed E-state index contributed by atoms with van der Waals surface area (Å²) < 4.78 is 27.6. The fourth-order valence-electron chi connectivity index (χ4n) is 5.43. The van der Waals surface area contributed by atoms with Crippen LogP contribution < -0.4 is 34.6 Å². The Morgan fingerprint density at radius 2 is 1.46 bits per heavy atom. The van der Waals surface area contributed by atoms with Gasteiger partial charge in [-0.15, -0.1) is 0 Å². The summed E-state index contributed by atoms with van der Waals surface area (Å²) >= 11 is 0. The van der Waals surface area contributed by atoms with Crippen molar-refractivity contribution in [1.29, 1.82) is 0 Å². The molecule has 0 bridgehead atoms. The SMILES string of the molecule is COc1ccc(C2CC(=O)C3=C(C2)Nc2[nH][nH]c(=O)c2C3c2ccc(OC)c(OC)c2OC)cc1OC. The molecule has 2 aromatic carbocycles. The van der Waals surface area contributed by atoms with Crippen molar-refractivity contribution in [2.75, 3.05) is 40.9 Å². The minimum Gasteiger partial charge on any atom is -0.493 e. The van der Waals surface area contributed by atoms with Gasteiger partial charge in [0.15, 0.2) is 28.8 Å². The molecule has 0 fully saturated rings. The number of hydrogen-bond donors (Lipinski definition) is 3. The second kappa shape index (κ2) is 9.61. The Labute approximate surface area is 213 Å². The van der Waals surface area contributed by atoms with Crippen LogP contribution in [0.4, 0.5) is 5.82 Å². The van der Waals surface area contributed by atoms with Gasteiger partial charge in [-0.2, -0.15) is 0 Å². The summed E-state index contributed by atoms with van der Waals surface area (Å²) in [5.74, 6) is 2.23. The molecule has 0 saturated carbocycles. The Balaban J connectivity index is 1.65. The number of methoxy groups -OCH3 is 5. The average Bonchev–Trinajstić information content (AvgIpc) is 3.30. The molecule has 2 aliphatic rings. The highest BCUT2D eigenvalue weighted by Gasteiger charge is 2.42. The maximum absolute atomic E-state index is 13.8. The van der Waals surface area contributed by atoms with Crippen molar-refractivity contribution >= 4 is 11.6 Å². The maximum Gasteiger partial charge on any atom is 0.270 e. The molecular formula is C27H29N3O7. The van der Waals surface area contributed by atoms with Crippen molar-refractivity contribution in [2.24, 2.45) is 0 Å². The second-order valence-corrected chi connectivity index (χ2v) is 8.88. The van der Waals surface area contributed by atoms with Gasteiger partial charge >= 0.3 is 0 Å². The predicted molar refractivity (Wildman–Crippen MR) is 137 cm³/mol. The average molecular weight is 508 g/mol. The van der Waals surface area contributed by atoms with Crippen LogP contribution in [0.2, 0.25) is 0 Å². The van der Waals surface area contributed by atoms with Gasteiger partial charge in [0, 0.05) is 23.3 Å². The van der Waals surface area contributed by atoms with E-state index in [1.807, 2.05) is 24.3 Å². The van der Waals surface area contributed by atoms with E-state index in [1.165, 1.54) is 21.3 Å². The first-order chi connectivity index (χ1) is 17.9. The van der Waals surface area contributed by atoms with Crippen LogP contribution in [0.5, 0.6) is 28.7 Å². The lowest BCUT2D eigenvalue weighted by molar-refractivity contribution is -0.116. The van der Waals surface area contributed by atoms with Crippen LogP contribution in [0.1, 0.15) is 41.4 Å². The number of carbonyl (C=O) groups excluding carboxylic acids is 1. The number of H-pyrrole nitrogens is 2. The van der Waals surface area contributed by atoms with E-state index < -0.39 is 5.92 Å². The zero-order valence-corrected chi connectivity index (χ0v) is 21.3. The van der Waals surface area contributed by atoms with Gasteiger partial charge in [0.05, 0.1) is 47.0 Å². The molecule has 1 aliphatic heterocycles. The molecule has 0 amide bonds. The van der Waals surface area contributed by atoms with Gasteiger partial charge in [0.25, 0.3) is 5.56 Å². The van der Waals surface area contributed by atoms with Crippen molar-refractivity contribution in [3.63, 3.8) is 0 Å². The van der Waals surface area contributed by atoms with E-state index in [9.17, 15) is 9.59 Å². The van der Waals surface area contributed by atoms with Crippen LogP contribution in [0.3, 0.4) is 0 Å². The number of carbonyl (C=O) groups is 1. The number of benzene rings is 2. The third-order valence-corrected chi connectivity index (χ3v) is 7.10. The van der Waals surface area contributed by atoms with Crippen LogP contribution in [-0.2, 0) is 4.79 Å². The van der Waals surface area contributed by atoms with Gasteiger partial charge in [0.2, 0.25) is 5.75 Å². The molecule has 2 unspecified atom stereocenters. The topological polar surface area (TPSA) is 124 Å². The first kappa shape index (κ1) is 24.4. The molecule has 3 N–H and O–H groups in total. The minimum absolute atomic E-state index is 0.0541. The molecule has 1 aromatic heterocycles. The number of allylic oxidation sites excluding steroid dienone is 2. The van der Waals surface area contributed by atoms with E-state index in [1.54, 1.807) is 20.3 Å². The molecule has 5 rings (SSSR count).